The predicted octanol–water partition coefficient (Wildman–Crippen LogP) is 2.89. The number of hydrogen-bond acceptors (Lipinski definition) is 2. The monoisotopic (exact) mass is 273 g/mol. The summed E-state index contributed by atoms with van der Waals surface area (Å²) in [6.45, 7) is 2.27. The van der Waals surface area contributed by atoms with Crippen molar-refractivity contribution in [2.45, 2.75) is 32.0 Å². The lowest BCUT2D eigenvalue weighted by molar-refractivity contribution is -0.174. The normalized spacial score (nSPS) is 19.1. The topological polar surface area (TPSA) is 38.3 Å². The highest BCUT2D eigenvalue weighted by Gasteiger charge is 2.40. The molecule has 2 rings (SSSR count). The molecule has 1 aliphatic rings. The molecular weight excluding hydrogens is 259 g/mol. The van der Waals surface area contributed by atoms with Gasteiger partial charge in [0.05, 0.1) is 12.6 Å². The van der Waals surface area contributed by atoms with Crippen LogP contribution in [0.4, 0.5) is 13.2 Å². The van der Waals surface area contributed by atoms with Gasteiger partial charge < -0.3 is 10.1 Å². The van der Waals surface area contributed by atoms with Crippen molar-refractivity contribution in [3.63, 3.8) is 0 Å². The van der Waals surface area contributed by atoms with Crippen LogP contribution in [0.3, 0.4) is 0 Å². The first-order valence-corrected chi connectivity index (χ1v) is 5.99. The van der Waals surface area contributed by atoms with E-state index < -0.39 is 18.1 Å². The highest BCUT2D eigenvalue weighted by molar-refractivity contribution is 5.82. The molecule has 0 saturated heterocycles. The van der Waals surface area contributed by atoms with Crippen LogP contribution in [0.2, 0.25) is 0 Å². The molecular formula is C13H14F3NO2. The van der Waals surface area contributed by atoms with E-state index in [1.54, 1.807) is 12.1 Å². The van der Waals surface area contributed by atoms with Gasteiger partial charge in [-0.25, -0.2) is 0 Å². The quantitative estimate of drug-likeness (QED) is 0.854. The van der Waals surface area contributed by atoms with Crippen molar-refractivity contribution in [2.24, 2.45) is 0 Å². The molecule has 0 radical (unpaired) electrons. The Labute approximate surface area is 108 Å². The Kier molecular flexibility index (Phi) is 3.68. The molecule has 0 aromatic heterocycles. The molecule has 19 heavy (non-hydrogen) atoms. The molecule has 0 aliphatic carbocycles. The maximum absolute atomic E-state index is 12.3. The fourth-order valence-corrected chi connectivity index (χ4v) is 2.15. The molecule has 0 bridgehead atoms. The van der Waals surface area contributed by atoms with Crippen molar-refractivity contribution >= 4 is 5.91 Å². The fourth-order valence-electron chi connectivity index (χ4n) is 2.15. The Balaban J connectivity index is 2.28. The Morgan fingerprint density at radius 3 is 2.84 bits per heavy atom. The lowest BCUT2D eigenvalue weighted by Gasteiger charge is -2.20. The largest absolute Gasteiger partial charge is 0.493 e. The summed E-state index contributed by atoms with van der Waals surface area (Å²) >= 11 is 0. The average molecular weight is 273 g/mol. The van der Waals surface area contributed by atoms with Gasteiger partial charge in [-0.05, 0) is 25.3 Å². The van der Waals surface area contributed by atoms with Gasteiger partial charge >= 0.3 is 12.1 Å². The maximum Gasteiger partial charge on any atom is 0.471 e. The van der Waals surface area contributed by atoms with Crippen LogP contribution in [0.1, 0.15) is 30.0 Å². The third-order valence-electron chi connectivity index (χ3n) is 3.06. The number of fused-ring (bicyclic) bond motifs is 1. The number of hydrogen-bond donors (Lipinski definition) is 1. The Bertz CT molecular complexity index is 485. The molecule has 0 fully saturated rings. The summed E-state index contributed by atoms with van der Waals surface area (Å²) < 4.78 is 42.5. The third kappa shape index (κ3) is 3.00. The first-order valence-electron chi connectivity index (χ1n) is 5.99. The van der Waals surface area contributed by atoms with E-state index >= 15 is 0 Å². The highest BCUT2D eigenvalue weighted by atomic mass is 19.4. The number of aryl methyl sites for hydroxylation is 1. The van der Waals surface area contributed by atoms with Crippen molar-refractivity contribution in [3.05, 3.63) is 29.3 Å². The van der Waals surface area contributed by atoms with Gasteiger partial charge in [0.25, 0.3) is 0 Å². The predicted molar refractivity (Wildman–Crippen MR) is 62.8 cm³/mol. The fraction of sp³-hybridized carbons (Fsp3) is 0.462. The number of nitrogens with one attached hydrogen (secondary N) is 1. The number of alkyl halides is 3. The average Bonchev–Trinajstić information content (AvgIpc) is 2.52. The van der Waals surface area contributed by atoms with Crippen LogP contribution in [-0.2, 0) is 4.79 Å². The van der Waals surface area contributed by atoms with Crippen molar-refractivity contribution in [3.8, 4) is 5.75 Å². The van der Waals surface area contributed by atoms with E-state index in [-0.39, 0.29) is 0 Å². The summed E-state index contributed by atoms with van der Waals surface area (Å²) in [4.78, 5) is 11.1. The minimum Gasteiger partial charge on any atom is -0.493 e. The van der Waals surface area contributed by atoms with E-state index in [1.807, 2.05) is 18.3 Å². The van der Waals surface area contributed by atoms with Crippen molar-refractivity contribution in [2.75, 3.05) is 6.61 Å². The zero-order chi connectivity index (χ0) is 14.0. The molecule has 1 aromatic rings. The number of para-hydroxylation sites is 1. The lowest BCUT2D eigenvalue weighted by atomic mass is 10.00. The molecule has 1 amide bonds. The SMILES string of the molecule is Cc1cccc2c1OCCCC2NC(=O)C(F)(F)F. The number of carbonyl (C=O) groups is 1. The first kappa shape index (κ1) is 13.7. The van der Waals surface area contributed by atoms with E-state index in [1.165, 1.54) is 0 Å². The van der Waals surface area contributed by atoms with Crippen LogP contribution < -0.4 is 10.1 Å². The van der Waals surface area contributed by atoms with Crippen molar-refractivity contribution in [1.82, 2.24) is 5.32 Å². The number of benzene rings is 1. The van der Waals surface area contributed by atoms with Crippen LogP contribution in [0.15, 0.2) is 18.2 Å². The minimum absolute atomic E-state index is 0.429. The zero-order valence-electron chi connectivity index (χ0n) is 10.4. The minimum atomic E-state index is -4.86. The summed E-state index contributed by atoms with van der Waals surface area (Å²) in [5.41, 5.74) is 1.46. The van der Waals surface area contributed by atoms with E-state index in [2.05, 4.69) is 0 Å². The van der Waals surface area contributed by atoms with Crippen LogP contribution in [-0.4, -0.2) is 18.7 Å². The molecule has 1 N–H and O–H groups in total. The summed E-state index contributed by atoms with van der Waals surface area (Å²) in [5.74, 6) is -1.33. The van der Waals surface area contributed by atoms with Crippen LogP contribution >= 0.6 is 0 Å². The smallest absolute Gasteiger partial charge is 0.471 e. The first-order chi connectivity index (χ1) is 8.89. The van der Waals surface area contributed by atoms with Gasteiger partial charge in [-0.1, -0.05) is 18.2 Å². The van der Waals surface area contributed by atoms with E-state index in [0.29, 0.717) is 30.8 Å². The molecule has 1 heterocycles. The van der Waals surface area contributed by atoms with Gasteiger partial charge in [0.15, 0.2) is 0 Å². The number of carbonyl (C=O) groups excluding carboxylic acids is 1. The Morgan fingerprint density at radius 2 is 2.16 bits per heavy atom. The molecule has 1 aromatic carbocycles. The summed E-state index contributed by atoms with van der Waals surface area (Å²) in [7, 11) is 0. The number of amides is 1. The third-order valence-corrected chi connectivity index (χ3v) is 3.06. The number of rotatable bonds is 1. The van der Waals surface area contributed by atoms with Crippen molar-refractivity contribution in [1.29, 1.82) is 0 Å². The molecule has 0 saturated carbocycles. The van der Waals surface area contributed by atoms with Gasteiger partial charge in [0.2, 0.25) is 0 Å². The van der Waals surface area contributed by atoms with Gasteiger partial charge in [0.1, 0.15) is 5.75 Å². The van der Waals surface area contributed by atoms with Gasteiger partial charge in [0, 0.05) is 5.56 Å². The van der Waals surface area contributed by atoms with Gasteiger partial charge in [-0.3, -0.25) is 4.79 Å². The van der Waals surface area contributed by atoms with Crippen LogP contribution in [0.25, 0.3) is 0 Å². The standard InChI is InChI=1S/C13H14F3NO2/c1-8-4-2-5-9-10(6-3-7-19-11(8)9)17-12(18)13(14,15)16/h2,4-5,10H,3,6-7H2,1H3,(H,17,18). The van der Waals surface area contributed by atoms with E-state index in [9.17, 15) is 18.0 Å². The molecule has 1 aliphatic heterocycles. The number of halogens is 3. The molecule has 0 spiro atoms. The number of ether oxygens (including phenoxy) is 1. The second-order valence-corrected chi connectivity index (χ2v) is 4.51. The molecule has 3 nitrogen and oxygen atoms in total. The molecule has 104 valence electrons. The Morgan fingerprint density at radius 1 is 1.42 bits per heavy atom. The van der Waals surface area contributed by atoms with Crippen LogP contribution in [0.5, 0.6) is 5.75 Å². The lowest BCUT2D eigenvalue weighted by Crippen LogP contribution is -2.39. The molecule has 6 heteroatoms. The second-order valence-electron chi connectivity index (χ2n) is 4.51. The second kappa shape index (κ2) is 5.11. The maximum atomic E-state index is 12.3. The summed E-state index contributed by atoms with van der Waals surface area (Å²) in [6.07, 6.45) is -3.84. The molecule has 1 atom stereocenters. The zero-order valence-corrected chi connectivity index (χ0v) is 10.4. The summed E-state index contributed by atoms with van der Waals surface area (Å²) in [5, 5.41) is 2.04. The highest BCUT2D eigenvalue weighted by Crippen LogP contribution is 2.34. The Hall–Kier alpha value is -1.72. The van der Waals surface area contributed by atoms with Gasteiger partial charge in [-0.2, -0.15) is 13.2 Å². The van der Waals surface area contributed by atoms with Crippen molar-refractivity contribution < 1.29 is 22.7 Å². The van der Waals surface area contributed by atoms with Crippen LogP contribution in [0, 0.1) is 6.92 Å². The van der Waals surface area contributed by atoms with E-state index in [0.717, 1.165) is 5.56 Å². The van der Waals surface area contributed by atoms with Gasteiger partial charge in [-0.15, -0.1) is 0 Å². The van der Waals surface area contributed by atoms with E-state index in [4.69, 9.17) is 4.74 Å². The summed E-state index contributed by atoms with van der Waals surface area (Å²) in [6, 6.07) is 4.60. The molecule has 1 unspecified atom stereocenters.